The van der Waals surface area contributed by atoms with Crippen molar-refractivity contribution in [3.8, 4) is 0 Å². The van der Waals surface area contributed by atoms with Gasteiger partial charge in [0.25, 0.3) is 0 Å². The highest BCUT2D eigenvalue weighted by Crippen LogP contribution is 2.21. The zero-order valence-electron chi connectivity index (χ0n) is 8.69. The van der Waals surface area contributed by atoms with Crippen LogP contribution in [0.4, 0.5) is 13.2 Å². The lowest BCUT2D eigenvalue weighted by Gasteiger charge is -2.07. The van der Waals surface area contributed by atoms with Crippen LogP contribution in [0.5, 0.6) is 0 Å². The van der Waals surface area contributed by atoms with E-state index >= 15 is 0 Å². The molecule has 0 aliphatic heterocycles. The van der Waals surface area contributed by atoms with Gasteiger partial charge in [0.1, 0.15) is 4.88 Å². The van der Waals surface area contributed by atoms with Crippen molar-refractivity contribution in [2.75, 3.05) is 6.54 Å². The molecular weight excluding hydrogens is 295 g/mol. The molecule has 1 rings (SSSR count). The summed E-state index contributed by atoms with van der Waals surface area (Å²) < 4.78 is 60.2. The van der Waals surface area contributed by atoms with Crippen LogP contribution in [0.1, 0.15) is 16.1 Å². The van der Waals surface area contributed by atoms with Gasteiger partial charge in [0, 0.05) is 11.9 Å². The Kier molecular flexibility index (Phi) is 4.35. The van der Waals surface area contributed by atoms with E-state index in [9.17, 15) is 26.4 Å². The van der Waals surface area contributed by atoms with Gasteiger partial charge in [-0.25, -0.2) is 17.9 Å². The van der Waals surface area contributed by atoms with Gasteiger partial charge in [-0.1, -0.05) is 0 Å². The SMILES string of the molecule is O=C(O)c1cc(S(=O)(=O)NCCC(F)(F)F)cs1. The molecule has 0 aromatic carbocycles. The van der Waals surface area contributed by atoms with Crippen molar-refractivity contribution in [3.05, 3.63) is 16.3 Å². The van der Waals surface area contributed by atoms with Crippen molar-refractivity contribution in [2.45, 2.75) is 17.5 Å². The fraction of sp³-hybridized carbons (Fsp3) is 0.375. The van der Waals surface area contributed by atoms with Crippen molar-refractivity contribution >= 4 is 27.3 Å². The van der Waals surface area contributed by atoms with Crippen LogP contribution < -0.4 is 4.72 Å². The third kappa shape index (κ3) is 4.27. The van der Waals surface area contributed by atoms with Crippen molar-refractivity contribution in [1.29, 1.82) is 0 Å². The van der Waals surface area contributed by atoms with Crippen LogP contribution in [-0.2, 0) is 10.0 Å². The number of alkyl halides is 3. The summed E-state index contributed by atoms with van der Waals surface area (Å²) in [7, 11) is -4.10. The van der Waals surface area contributed by atoms with Gasteiger partial charge in [0.05, 0.1) is 11.3 Å². The Bertz CT molecular complexity index is 535. The normalized spacial score (nSPS) is 12.6. The summed E-state index contributed by atoms with van der Waals surface area (Å²) in [4.78, 5) is 9.98. The molecule has 0 unspecified atom stereocenters. The lowest BCUT2D eigenvalue weighted by atomic mass is 10.4. The largest absolute Gasteiger partial charge is 0.477 e. The van der Waals surface area contributed by atoms with Crippen LogP contribution >= 0.6 is 11.3 Å². The van der Waals surface area contributed by atoms with Crippen molar-refractivity contribution in [3.63, 3.8) is 0 Å². The molecule has 2 N–H and O–H groups in total. The quantitative estimate of drug-likeness (QED) is 0.867. The van der Waals surface area contributed by atoms with E-state index in [4.69, 9.17) is 5.11 Å². The lowest BCUT2D eigenvalue weighted by molar-refractivity contribution is -0.132. The smallest absolute Gasteiger partial charge is 0.390 e. The zero-order chi connectivity index (χ0) is 14.0. The van der Waals surface area contributed by atoms with Crippen molar-refractivity contribution in [2.24, 2.45) is 0 Å². The molecule has 0 saturated carbocycles. The van der Waals surface area contributed by atoms with E-state index in [1.807, 2.05) is 0 Å². The van der Waals surface area contributed by atoms with E-state index in [2.05, 4.69) is 0 Å². The predicted octanol–water partition coefficient (Wildman–Crippen LogP) is 1.68. The summed E-state index contributed by atoms with van der Waals surface area (Å²) in [5.41, 5.74) is 0. The number of hydrogen-bond donors (Lipinski definition) is 2. The Morgan fingerprint density at radius 2 is 2.06 bits per heavy atom. The number of nitrogens with one attached hydrogen (secondary N) is 1. The minimum atomic E-state index is -4.45. The number of halogens is 3. The minimum absolute atomic E-state index is 0.203. The van der Waals surface area contributed by atoms with Crippen LogP contribution in [0.15, 0.2) is 16.3 Å². The second-order valence-electron chi connectivity index (χ2n) is 3.21. The maximum atomic E-state index is 11.8. The lowest BCUT2D eigenvalue weighted by Crippen LogP contribution is -2.27. The highest BCUT2D eigenvalue weighted by atomic mass is 32.2. The van der Waals surface area contributed by atoms with Gasteiger partial charge in [-0.3, -0.25) is 0 Å². The molecule has 0 saturated heterocycles. The summed E-state index contributed by atoms with van der Waals surface area (Å²) in [5.74, 6) is -1.29. The van der Waals surface area contributed by atoms with Crippen LogP contribution in [0.3, 0.4) is 0 Å². The van der Waals surface area contributed by atoms with Gasteiger partial charge < -0.3 is 5.11 Å². The van der Waals surface area contributed by atoms with Crippen LogP contribution in [0, 0.1) is 0 Å². The first kappa shape index (κ1) is 14.9. The van der Waals surface area contributed by atoms with Crippen LogP contribution in [0.2, 0.25) is 0 Å². The molecule has 0 radical (unpaired) electrons. The number of carboxylic acids is 1. The molecule has 1 heterocycles. The van der Waals surface area contributed by atoms with Crippen molar-refractivity contribution in [1.82, 2.24) is 4.72 Å². The number of sulfonamides is 1. The second-order valence-corrected chi connectivity index (χ2v) is 5.89. The number of thiophene rings is 1. The summed E-state index contributed by atoms with van der Waals surface area (Å²) in [5, 5.41) is 9.65. The Balaban J connectivity index is 2.71. The van der Waals surface area contributed by atoms with E-state index in [1.54, 1.807) is 4.72 Å². The van der Waals surface area contributed by atoms with Gasteiger partial charge in [-0.15, -0.1) is 11.3 Å². The van der Waals surface area contributed by atoms with Gasteiger partial charge >= 0.3 is 12.1 Å². The first-order valence-corrected chi connectivity index (χ1v) is 6.86. The topological polar surface area (TPSA) is 83.5 Å². The van der Waals surface area contributed by atoms with E-state index < -0.39 is 35.1 Å². The molecular formula is C8H8F3NO4S2. The van der Waals surface area contributed by atoms with Crippen LogP contribution in [-0.4, -0.2) is 32.2 Å². The van der Waals surface area contributed by atoms with E-state index in [-0.39, 0.29) is 9.77 Å². The summed E-state index contributed by atoms with van der Waals surface area (Å²) >= 11 is 0.683. The third-order valence-corrected chi connectivity index (χ3v) is 4.30. The molecule has 102 valence electrons. The first-order valence-electron chi connectivity index (χ1n) is 4.50. The zero-order valence-corrected chi connectivity index (χ0v) is 10.3. The summed E-state index contributed by atoms with van der Waals surface area (Å²) in [6, 6.07) is 0.892. The third-order valence-electron chi connectivity index (χ3n) is 1.80. The molecule has 1 aromatic heterocycles. The number of carboxylic acid groups (broad SMARTS) is 1. The van der Waals surface area contributed by atoms with E-state index in [0.29, 0.717) is 11.3 Å². The van der Waals surface area contributed by atoms with Gasteiger partial charge in [0.15, 0.2) is 0 Å². The highest BCUT2D eigenvalue weighted by Gasteiger charge is 2.28. The van der Waals surface area contributed by atoms with Gasteiger partial charge in [-0.2, -0.15) is 13.2 Å². The second kappa shape index (κ2) is 5.24. The fourth-order valence-corrected chi connectivity index (χ4v) is 3.13. The molecule has 0 atom stereocenters. The monoisotopic (exact) mass is 303 g/mol. The first-order chi connectivity index (χ1) is 8.12. The summed E-state index contributed by atoms with van der Waals surface area (Å²) in [6.07, 6.45) is -5.74. The average Bonchev–Trinajstić information content (AvgIpc) is 2.63. The van der Waals surface area contributed by atoms with E-state index in [0.717, 1.165) is 11.4 Å². The minimum Gasteiger partial charge on any atom is -0.477 e. The Hall–Kier alpha value is -1.13. The molecule has 10 heteroatoms. The maximum absolute atomic E-state index is 11.8. The number of hydrogen-bond acceptors (Lipinski definition) is 4. The van der Waals surface area contributed by atoms with Gasteiger partial charge in [0.2, 0.25) is 10.0 Å². The maximum Gasteiger partial charge on any atom is 0.390 e. The number of carbonyl (C=O) groups is 1. The van der Waals surface area contributed by atoms with Crippen LogP contribution in [0.25, 0.3) is 0 Å². The van der Waals surface area contributed by atoms with Crippen molar-refractivity contribution < 1.29 is 31.5 Å². The Labute approximate surface area is 104 Å². The standard InChI is InChI=1S/C8H8F3NO4S2/c9-8(10,11)1-2-12-18(15,16)5-3-6(7(13)14)17-4-5/h3-4,12H,1-2H2,(H,13,14). The molecule has 18 heavy (non-hydrogen) atoms. The average molecular weight is 303 g/mol. The molecule has 0 bridgehead atoms. The predicted molar refractivity (Wildman–Crippen MR) is 57.1 cm³/mol. The molecule has 0 aliphatic rings. The number of aromatic carboxylic acids is 1. The summed E-state index contributed by atoms with van der Waals surface area (Å²) in [6.45, 7) is -0.788. The molecule has 5 nitrogen and oxygen atoms in total. The Morgan fingerprint density at radius 3 is 2.50 bits per heavy atom. The number of rotatable bonds is 5. The Morgan fingerprint density at radius 1 is 1.44 bits per heavy atom. The van der Waals surface area contributed by atoms with Gasteiger partial charge in [-0.05, 0) is 6.07 Å². The molecule has 0 spiro atoms. The molecule has 1 aromatic rings. The fourth-order valence-electron chi connectivity index (χ4n) is 0.982. The molecule has 0 aliphatic carbocycles. The molecule has 0 amide bonds. The highest BCUT2D eigenvalue weighted by molar-refractivity contribution is 7.89. The molecule has 0 fully saturated rings. The van der Waals surface area contributed by atoms with E-state index in [1.165, 1.54) is 0 Å².